The number of hydrogen-bond donors (Lipinski definition) is 1. The Hall–Kier alpha value is -1.31. The fraction of sp³-hybridized carbons (Fsp3) is 0.533. The van der Waals surface area contributed by atoms with Crippen LogP contribution in [0.15, 0.2) is 24.3 Å². The molecule has 0 unspecified atom stereocenters. The van der Waals surface area contributed by atoms with Gasteiger partial charge in [0, 0.05) is 6.92 Å². The molecule has 1 aromatic carbocycles. The van der Waals surface area contributed by atoms with E-state index < -0.39 is 0 Å². The van der Waals surface area contributed by atoms with Crippen molar-refractivity contribution < 1.29 is 4.79 Å². The number of benzene rings is 1. The lowest BCUT2D eigenvalue weighted by Gasteiger charge is -2.11. The topological polar surface area (TPSA) is 29.1 Å². The number of fused-ring (bicyclic) bond motifs is 1. The molecule has 1 aliphatic rings. The van der Waals surface area contributed by atoms with E-state index in [9.17, 15) is 4.79 Å². The second kappa shape index (κ2) is 8.80. The van der Waals surface area contributed by atoms with Gasteiger partial charge in [0.1, 0.15) is 0 Å². The highest BCUT2D eigenvalue weighted by molar-refractivity contribution is 5.73. The van der Waals surface area contributed by atoms with Gasteiger partial charge in [0.15, 0.2) is 0 Å². The van der Waals surface area contributed by atoms with Crippen LogP contribution in [0.5, 0.6) is 0 Å². The number of hydrogen-bond acceptors (Lipinski definition) is 1. The van der Waals surface area contributed by atoms with E-state index in [1.54, 1.807) is 6.92 Å². The highest BCUT2D eigenvalue weighted by Crippen LogP contribution is 2.30. The van der Waals surface area contributed by atoms with E-state index >= 15 is 0 Å². The highest BCUT2D eigenvalue weighted by Gasteiger charge is 2.21. The van der Waals surface area contributed by atoms with Crippen molar-refractivity contribution in [3.05, 3.63) is 35.4 Å². The standard InChI is InChI=1S/C11H13NO.2C2H6/c1-8(13)12-11-7-6-9-4-2-3-5-10(9)11;2*1-2/h2-5,11H,6-7H2,1H3,(H,12,13);2*1-2H3/t11-;;/m1../s1. The van der Waals surface area contributed by atoms with Crippen LogP contribution in [0.4, 0.5) is 0 Å². The normalized spacial score (nSPS) is 15.7. The Balaban J connectivity index is 0.000000581. The first-order chi connectivity index (χ1) is 8.27. The molecule has 0 saturated carbocycles. The summed E-state index contributed by atoms with van der Waals surface area (Å²) in [7, 11) is 0. The molecule has 0 spiro atoms. The molecule has 0 heterocycles. The van der Waals surface area contributed by atoms with Crippen molar-refractivity contribution in [2.24, 2.45) is 0 Å². The monoisotopic (exact) mass is 235 g/mol. The predicted octanol–water partition coefficient (Wildman–Crippen LogP) is 3.86. The van der Waals surface area contributed by atoms with Crippen molar-refractivity contribution in [1.29, 1.82) is 0 Å². The maximum absolute atomic E-state index is 10.9. The third-order valence-corrected chi connectivity index (χ3v) is 2.51. The molecule has 96 valence electrons. The van der Waals surface area contributed by atoms with Gasteiger partial charge in [-0.1, -0.05) is 52.0 Å². The van der Waals surface area contributed by atoms with Crippen LogP contribution in [-0.4, -0.2) is 5.91 Å². The minimum atomic E-state index is 0.0571. The average molecular weight is 235 g/mol. The van der Waals surface area contributed by atoms with Crippen LogP contribution in [0.3, 0.4) is 0 Å². The van der Waals surface area contributed by atoms with Gasteiger partial charge in [-0.2, -0.15) is 0 Å². The first-order valence-corrected chi connectivity index (χ1v) is 6.62. The zero-order valence-corrected chi connectivity index (χ0v) is 11.7. The summed E-state index contributed by atoms with van der Waals surface area (Å²) < 4.78 is 0. The van der Waals surface area contributed by atoms with Crippen molar-refractivity contribution in [2.45, 2.75) is 53.5 Å². The number of carbonyl (C=O) groups excluding carboxylic acids is 1. The van der Waals surface area contributed by atoms with Crippen molar-refractivity contribution >= 4 is 5.91 Å². The van der Waals surface area contributed by atoms with Crippen molar-refractivity contribution in [3.63, 3.8) is 0 Å². The number of rotatable bonds is 1. The molecule has 0 radical (unpaired) electrons. The third-order valence-electron chi connectivity index (χ3n) is 2.51. The molecule has 0 fully saturated rings. The van der Waals surface area contributed by atoms with Gasteiger partial charge in [-0.15, -0.1) is 0 Å². The number of amides is 1. The lowest BCUT2D eigenvalue weighted by atomic mass is 10.1. The van der Waals surface area contributed by atoms with Gasteiger partial charge < -0.3 is 5.32 Å². The van der Waals surface area contributed by atoms with Crippen molar-refractivity contribution in [2.75, 3.05) is 0 Å². The molecule has 0 aliphatic heterocycles. The molecule has 0 aromatic heterocycles. The lowest BCUT2D eigenvalue weighted by Crippen LogP contribution is -2.23. The van der Waals surface area contributed by atoms with Crippen LogP contribution in [0.2, 0.25) is 0 Å². The molecule has 17 heavy (non-hydrogen) atoms. The highest BCUT2D eigenvalue weighted by atomic mass is 16.1. The fourth-order valence-corrected chi connectivity index (χ4v) is 1.95. The first kappa shape index (κ1) is 15.7. The summed E-state index contributed by atoms with van der Waals surface area (Å²) in [5.41, 5.74) is 2.67. The number of nitrogens with one attached hydrogen (secondary N) is 1. The van der Waals surface area contributed by atoms with Gasteiger partial charge in [0.05, 0.1) is 6.04 Å². The molecule has 1 aromatic rings. The van der Waals surface area contributed by atoms with Crippen LogP contribution >= 0.6 is 0 Å². The SMILES string of the molecule is CC.CC.CC(=O)N[C@@H]1CCc2ccccc21. The van der Waals surface area contributed by atoms with Gasteiger partial charge >= 0.3 is 0 Å². The van der Waals surface area contributed by atoms with E-state index in [1.165, 1.54) is 11.1 Å². The summed E-state index contributed by atoms with van der Waals surface area (Å²) in [4.78, 5) is 10.9. The Morgan fingerprint density at radius 2 is 1.76 bits per heavy atom. The average Bonchev–Trinajstić information content (AvgIpc) is 2.77. The molecule has 1 amide bonds. The number of carbonyl (C=O) groups is 1. The fourth-order valence-electron chi connectivity index (χ4n) is 1.95. The zero-order chi connectivity index (χ0) is 13.3. The van der Waals surface area contributed by atoms with Gasteiger partial charge in [-0.05, 0) is 24.0 Å². The van der Waals surface area contributed by atoms with Crippen LogP contribution in [0.1, 0.15) is 58.2 Å². The molecule has 2 nitrogen and oxygen atoms in total. The summed E-state index contributed by atoms with van der Waals surface area (Å²) in [5.74, 6) is 0.0571. The number of aryl methyl sites for hydroxylation is 1. The van der Waals surface area contributed by atoms with Gasteiger partial charge in [-0.25, -0.2) is 0 Å². The van der Waals surface area contributed by atoms with E-state index in [2.05, 4.69) is 23.5 Å². The minimum Gasteiger partial charge on any atom is -0.350 e. The molecule has 1 N–H and O–H groups in total. The van der Waals surface area contributed by atoms with E-state index in [4.69, 9.17) is 0 Å². The Kier molecular flexibility index (Phi) is 8.12. The Morgan fingerprint density at radius 1 is 1.18 bits per heavy atom. The largest absolute Gasteiger partial charge is 0.350 e. The third kappa shape index (κ3) is 4.59. The van der Waals surface area contributed by atoms with E-state index in [0.29, 0.717) is 0 Å². The molecule has 1 atom stereocenters. The zero-order valence-electron chi connectivity index (χ0n) is 11.7. The maximum atomic E-state index is 10.9. The van der Waals surface area contributed by atoms with Crippen LogP contribution in [0, 0.1) is 0 Å². The summed E-state index contributed by atoms with van der Waals surface area (Å²) >= 11 is 0. The molecular weight excluding hydrogens is 210 g/mol. The minimum absolute atomic E-state index is 0.0571. The summed E-state index contributed by atoms with van der Waals surface area (Å²) in [5, 5.41) is 2.96. The Bertz CT molecular complexity index is 333. The summed E-state index contributed by atoms with van der Waals surface area (Å²) in [6, 6.07) is 8.56. The van der Waals surface area contributed by atoms with Gasteiger partial charge in [0.25, 0.3) is 0 Å². The summed E-state index contributed by atoms with van der Waals surface area (Å²) in [6.45, 7) is 9.57. The van der Waals surface area contributed by atoms with Gasteiger partial charge in [-0.3, -0.25) is 4.79 Å². The quantitative estimate of drug-likeness (QED) is 0.786. The predicted molar refractivity (Wildman–Crippen MR) is 74.0 cm³/mol. The summed E-state index contributed by atoms with van der Waals surface area (Å²) in [6.07, 6.45) is 2.13. The molecule has 0 saturated heterocycles. The van der Waals surface area contributed by atoms with Gasteiger partial charge in [0.2, 0.25) is 5.91 Å². The van der Waals surface area contributed by atoms with Crippen LogP contribution in [0.25, 0.3) is 0 Å². The lowest BCUT2D eigenvalue weighted by molar-refractivity contribution is -0.119. The van der Waals surface area contributed by atoms with Crippen LogP contribution < -0.4 is 5.32 Å². The maximum Gasteiger partial charge on any atom is 0.217 e. The Labute approximate surface area is 105 Å². The van der Waals surface area contributed by atoms with Crippen molar-refractivity contribution in [1.82, 2.24) is 5.32 Å². The molecule has 2 heteroatoms. The second-order valence-electron chi connectivity index (χ2n) is 3.49. The van der Waals surface area contributed by atoms with Crippen LogP contribution in [-0.2, 0) is 11.2 Å². The molecule has 2 rings (SSSR count). The Morgan fingerprint density at radius 3 is 2.35 bits per heavy atom. The van der Waals surface area contributed by atoms with E-state index in [0.717, 1.165) is 12.8 Å². The molecule has 0 bridgehead atoms. The van der Waals surface area contributed by atoms with Crippen molar-refractivity contribution in [3.8, 4) is 0 Å². The smallest absolute Gasteiger partial charge is 0.217 e. The van der Waals surface area contributed by atoms with E-state index in [-0.39, 0.29) is 11.9 Å². The second-order valence-corrected chi connectivity index (χ2v) is 3.49. The van der Waals surface area contributed by atoms with E-state index in [1.807, 2.05) is 33.8 Å². The molecule has 1 aliphatic carbocycles. The first-order valence-electron chi connectivity index (χ1n) is 6.62. The molecular formula is C15H25NO.